The maximum absolute atomic E-state index is 14.4. The topological polar surface area (TPSA) is 105 Å². The second-order valence-electron chi connectivity index (χ2n) is 6.87. The predicted molar refractivity (Wildman–Crippen MR) is 107 cm³/mol. The van der Waals surface area contributed by atoms with Crippen LogP contribution >= 0.6 is 0 Å². The molecular formula is C20H23FN6O. The van der Waals surface area contributed by atoms with Crippen molar-refractivity contribution >= 4 is 23.9 Å². The molecule has 0 spiro atoms. The van der Waals surface area contributed by atoms with Gasteiger partial charge in [-0.15, -0.1) is 0 Å². The highest BCUT2D eigenvalue weighted by Crippen LogP contribution is 2.20. The molecule has 146 valence electrons. The van der Waals surface area contributed by atoms with Crippen LogP contribution in [0.4, 0.5) is 10.2 Å². The minimum Gasteiger partial charge on any atom is -0.314 e. The minimum absolute atomic E-state index is 0.0342. The largest absolute Gasteiger partial charge is 0.314 e. The van der Waals surface area contributed by atoms with Gasteiger partial charge in [0, 0.05) is 12.6 Å². The van der Waals surface area contributed by atoms with Crippen molar-refractivity contribution in [3.63, 3.8) is 0 Å². The molecule has 0 saturated heterocycles. The van der Waals surface area contributed by atoms with Crippen LogP contribution < -0.4 is 10.6 Å². The smallest absolute Gasteiger partial charge is 0.259 e. The number of pyridine rings is 1. The van der Waals surface area contributed by atoms with E-state index in [0.29, 0.717) is 12.2 Å². The summed E-state index contributed by atoms with van der Waals surface area (Å²) in [7, 11) is 0. The zero-order chi connectivity index (χ0) is 20.3. The summed E-state index contributed by atoms with van der Waals surface area (Å²) < 4.78 is 14.4. The van der Waals surface area contributed by atoms with Crippen molar-refractivity contribution in [2.24, 2.45) is 0 Å². The second-order valence-corrected chi connectivity index (χ2v) is 6.87. The monoisotopic (exact) mass is 382 g/mol. The predicted octanol–water partition coefficient (Wildman–Crippen LogP) is 2.76. The van der Waals surface area contributed by atoms with E-state index in [4.69, 9.17) is 10.8 Å². The van der Waals surface area contributed by atoms with Crippen molar-refractivity contribution in [2.45, 2.75) is 32.9 Å². The van der Waals surface area contributed by atoms with Crippen molar-refractivity contribution in [3.05, 3.63) is 58.5 Å². The molecule has 1 aliphatic heterocycles. The van der Waals surface area contributed by atoms with Gasteiger partial charge in [0.1, 0.15) is 17.3 Å². The van der Waals surface area contributed by atoms with Crippen LogP contribution in [0.2, 0.25) is 0 Å². The van der Waals surface area contributed by atoms with E-state index < -0.39 is 11.7 Å². The zero-order valence-corrected chi connectivity index (χ0v) is 15.8. The van der Waals surface area contributed by atoms with Gasteiger partial charge in [0.2, 0.25) is 0 Å². The molecule has 8 heteroatoms. The summed E-state index contributed by atoms with van der Waals surface area (Å²) in [5.41, 5.74) is 2.11. The van der Waals surface area contributed by atoms with E-state index in [1.807, 2.05) is 13.8 Å². The highest BCUT2D eigenvalue weighted by Gasteiger charge is 2.19. The SMILES string of the molecule is CC(C)N(C=N)C(=N)c1cccc(NC(=O)c2cc3c(cc2F)CCNC3)n1. The standard InChI is InChI=1S/C20H23FN6O/c1-12(2)27(11-22)19(23)17-4-3-5-18(25-17)26-20(28)15-8-14-10-24-7-6-13(14)9-16(15)21/h3-5,8-9,11-12,22-24H,6-7,10H2,1-2H3,(H,25,26,28). The molecule has 1 aromatic heterocycles. The number of carbonyl (C=O) groups excluding carboxylic acids is 1. The number of rotatable bonds is 5. The maximum Gasteiger partial charge on any atom is 0.259 e. The van der Waals surface area contributed by atoms with E-state index in [0.717, 1.165) is 30.4 Å². The third-order valence-corrected chi connectivity index (χ3v) is 4.61. The number of anilines is 1. The number of aromatic nitrogens is 1. The van der Waals surface area contributed by atoms with Crippen LogP contribution in [0.1, 0.15) is 41.0 Å². The summed E-state index contributed by atoms with van der Waals surface area (Å²) in [6.45, 7) is 5.12. The van der Waals surface area contributed by atoms with Gasteiger partial charge in [-0.3, -0.25) is 15.6 Å². The van der Waals surface area contributed by atoms with E-state index in [1.54, 1.807) is 24.3 Å². The van der Waals surface area contributed by atoms with Gasteiger partial charge in [0.05, 0.1) is 11.9 Å². The number of hydrogen-bond acceptors (Lipinski definition) is 5. The number of benzene rings is 1. The Kier molecular flexibility index (Phi) is 5.79. The van der Waals surface area contributed by atoms with Crippen LogP contribution in [0, 0.1) is 16.6 Å². The molecule has 2 heterocycles. The van der Waals surface area contributed by atoms with Crippen molar-refractivity contribution in [2.75, 3.05) is 11.9 Å². The molecule has 0 bridgehead atoms. The lowest BCUT2D eigenvalue weighted by molar-refractivity contribution is 0.102. The zero-order valence-electron chi connectivity index (χ0n) is 15.8. The van der Waals surface area contributed by atoms with Crippen LogP contribution in [0.3, 0.4) is 0 Å². The summed E-state index contributed by atoms with van der Waals surface area (Å²) in [6.07, 6.45) is 1.80. The molecular weight excluding hydrogens is 359 g/mol. The molecule has 4 N–H and O–H groups in total. The van der Waals surface area contributed by atoms with Gasteiger partial charge in [-0.05, 0) is 62.2 Å². The Balaban J connectivity index is 1.82. The van der Waals surface area contributed by atoms with Gasteiger partial charge in [-0.2, -0.15) is 0 Å². The summed E-state index contributed by atoms with van der Waals surface area (Å²) >= 11 is 0. The average molecular weight is 382 g/mol. The lowest BCUT2D eigenvalue weighted by atomic mass is 9.98. The van der Waals surface area contributed by atoms with Crippen LogP contribution in [-0.2, 0) is 13.0 Å². The molecule has 3 rings (SSSR count). The van der Waals surface area contributed by atoms with E-state index in [-0.39, 0.29) is 23.3 Å². The number of hydrogen-bond donors (Lipinski definition) is 4. The van der Waals surface area contributed by atoms with Crippen LogP contribution in [0.15, 0.2) is 30.3 Å². The van der Waals surface area contributed by atoms with E-state index >= 15 is 0 Å². The van der Waals surface area contributed by atoms with Gasteiger partial charge in [-0.1, -0.05) is 6.07 Å². The van der Waals surface area contributed by atoms with Gasteiger partial charge in [0.25, 0.3) is 5.91 Å². The molecule has 1 aliphatic rings. The Hall–Kier alpha value is -3.13. The Bertz CT molecular complexity index is 927. The minimum atomic E-state index is -0.588. The third kappa shape index (κ3) is 4.07. The third-order valence-electron chi connectivity index (χ3n) is 4.61. The van der Waals surface area contributed by atoms with Gasteiger partial charge < -0.3 is 15.5 Å². The van der Waals surface area contributed by atoms with Crippen molar-refractivity contribution in [1.29, 1.82) is 10.8 Å². The van der Waals surface area contributed by atoms with Gasteiger partial charge >= 0.3 is 0 Å². The van der Waals surface area contributed by atoms with Gasteiger partial charge in [0.15, 0.2) is 5.84 Å². The Morgan fingerprint density at radius 3 is 2.86 bits per heavy atom. The number of nitrogens with zero attached hydrogens (tertiary/aromatic N) is 2. The van der Waals surface area contributed by atoms with Crippen LogP contribution in [-0.4, -0.2) is 40.6 Å². The first-order chi connectivity index (χ1) is 13.4. The first kappa shape index (κ1) is 19.6. The number of nitrogens with one attached hydrogen (secondary N) is 4. The molecule has 1 aromatic carbocycles. The lowest BCUT2D eigenvalue weighted by Gasteiger charge is -2.23. The van der Waals surface area contributed by atoms with E-state index in [1.165, 1.54) is 11.0 Å². The second kappa shape index (κ2) is 8.26. The quantitative estimate of drug-likeness (QED) is 0.471. The summed E-state index contributed by atoms with van der Waals surface area (Å²) in [5.74, 6) is -0.880. The van der Waals surface area contributed by atoms with Crippen LogP contribution in [0.25, 0.3) is 0 Å². The van der Waals surface area contributed by atoms with Gasteiger partial charge in [-0.25, -0.2) is 9.37 Å². The number of carbonyl (C=O) groups is 1. The van der Waals surface area contributed by atoms with Crippen molar-refractivity contribution < 1.29 is 9.18 Å². The molecule has 28 heavy (non-hydrogen) atoms. The molecule has 0 radical (unpaired) electrons. The molecule has 1 amide bonds. The first-order valence-electron chi connectivity index (χ1n) is 9.09. The average Bonchev–Trinajstić information content (AvgIpc) is 2.67. The summed E-state index contributed by atoms with van der Waals surface area (Å²) in [6, 6.07) is 7.78. The Morgan fingerprint density at radius 2 is 2.14 bits per heavy atom. The molecule has 0 fully saturated rings. The normalized spacial score (nSPS) is 13.0. The number of halogens is 1. The molecule has 0 aliphatic carbocycles. The molecule has 0 saturated carbocycles. The van der Waals surface area contributed by atoms with E-state index in [9.17, 15) is 9.18 Å². The fourth-order valence-corrected chi connectivity index (χ4v) is 3.10. The molecule has 0 atom stereocenters. The molecule has 2 aromatic rings. The fourth-order valence-electron chi connectivity index (χ4n) is 3.10. The number of amides is 1. The van der Waals surface area contributed by atoms with Crippen LogP contribution in [0.5, 0.6) is 0 Å². The Morgan fingerprint density at radius 1 is 1.36 bits per heavy atom. The molecule has 7 nitrogen and oxygen atoms in total. The van der Waals surface area contributed by atoms with Crippen molar-refractivity contribution in [1.82, 2.24) is 15.2 Å². The molecule has 0 unspecified atom stereocenters. The van der Waals surface area contributed by atoms with E-state index in [2.05, 4.69) is 15.6 Å². The number of amidine groups is 1. The van der Waals surface area contributed by atoms with Crippen molar-refractivity contribution in [3.8, 4) is 0 Å². The fraction of sp³-hybridized carbons (Fsp3) is 0.300. The number of fused-ring (bicyclic) bond motifs is 1. The summed E-state index contributed by atoms with van der Waals surface area (Å²) in [5, 5.41) is 21.5. The highest BCUT2D eigenvalue weighted by atomic mass is 19.1. The Labute approximate surface area is 163 Å². The highest BCUT2D eigenvalue weighted by molar-refractivity contribution is 6.05. The first-order valence-corrected chi connectivity index (χ1v) is 9.09. The maximum atomic E-state index is 14.4. The summed E-state index contributed by atoms with van der Waals surface area (Å²) in [4.78, 5) is 18.3. The lowest BCUT2D eigenvalue weighted by Crippen LogP contribution is -2.36.